The van der Waals surface area contributed by atoms with Gasteiger partial charge in [-0.1, -0.05) is 13.3 Å². The van der Waals surface area contributed by atoms with Crippen LogP contribution in [0.3, 0.4) is 0 Å². The monoisotopic (exact) mass is 436 g/mol. The van der Waals surface area contributed by atoms with Gasteiger partial charge in [0.1, 0.15) is 0 Å². The number of guanidine groups is 1. The first-order valence-electron chi connectivity index (χ1n) is 8.32. The predicted molar refractivity (Wildman–Crippen MR) is 108 cm³/mol. The number of hydrogen-bond donors (Lipinski definition) is 2. The molecule has 1 heterocycles. The number of nitrogens with one attached hydrogen (secondary N) is 1. The molecule has 5 nitrogen and oxygen atoms in total. The van der Waals surface area contributed by atoms with Crippen molar-refractivity contribution in [2.45, 2.75) is 39.7 Å². The van der Waals surface area contributed by atoms with Crippen molar-refractivity contribution in [3.05, 3.63) is 24.0 Å². The molecule has 1 aromatic rings. The van der Waals surface area contributed by atoms with Crippen molar-refractivity contribution in [3.8, 4) is 0 Å². The fourth-order valence-electron chi connectivity index (χ4n) is 2.58. The van der Waals surface area contributed by atoms with Gasteiger partial charge in [-0.05, 0) is 37.8 Å². The second kappa shape index (κ2) is 12.6. The van der Waals surface area contributed by atoms with Crippen LogP contribution in [0, 0.1) is 5.92 Å². The highest BCUT2D eigenvalue weighted by Crippen LogP contribution is 2.11. The van der Waals surface area contributed by atoms with E-state index < -0.39 is 0 Å². The SMILES string of the molecule is CCCC(CCO)CN=C(NCC)N(C)Cc1cccn1C.I. The van der Waals surface area contributed by atoms with E-state index in [1.807, 2.05) is 0 Å². The van der Waals surface area contributed by atoms with E-state index in [-0.39, 0.29) is 30.6 Å². The maximum absolute atomic E-state index is 9.17. The summed E-state index contributed by atoms with van der Waals surface area (Å²) in [6.45, 7) is 6.97. The largest absolute Gasteiger partial charge is 0.396 e. The molecular formula is C17H33IN4O. The number of aliphatic hydroxyl groups is 1. The Morgan fingerprint density at radius 3 is 2.65 bits per heavy atom. The molecule has 0 aromatic carbocycles. The lowest BCUT2D eigenvalue weighted by molar-refractivity contribution is 0.253. The molecule has 0 fully saturated rings. The summed E-state index contributed by atoms with van der Waals surface area (Å²) in [4.78, 5) is 6.93. The van der Waals surface area contributed by atoms with Gasteiger partial charge in [0, 0.05) is 45.7 Å². The Labute approximate surface area is 158 Å². The zero-order valence-corrected chi connectivity index (χ0v) is 17.3. The first-order chi connectivity index (χ1) is 10.6. The number of aliphatic imine (C=N–C) groups is 1. The minimum absolute atomic E-state index is 0. The summed E-state index contributed by atoms with van der Waals surface area (Å²) < 4.78 is 2.13. The van der Waals surface area contributed by atoms with Gasteiger partial charge in [-0.25, -0.2) is 0 Å². The first-order valence-corrected chi connectivity index (χ1v) is 8.32. The number of aryl methyl sites for hydroxylation is 1. The molecule has 0 aliphatic heterocycles. The van der Waals surface area contributed by atoms with Crippen LogP contribution in [-0.4, -0.2) is 47.3 Å². The molecule has 0 bridgehead atoms. The van der Waals surface area contributed by atoms with Crippen molar-refractivity contribution < 1.29 is 5.11 Å². The summed E-state index contributed by atoms with van der Waals surface area (Å²) in [5, 5.41) is 12.5. The van der Waals surface area contributed by atoms with Crippen LogP contribution in [0.4, 0.5) is 0 Å². The quantitative estimate of drug-likeness (QED) is 0.356. The van der Waals surface area contributed by atoms with Crippen molar-refractivity contribution in [2.24, 2.45) is 18.0 Å². The molecule has 1 atom stereocenters. The van der Waals surface area contributed by atoms with E-state index in [1.54, 1.807) is 0 Å². The Morgan fingerprint density at radius 2 is 2.13 bits per heavy atom. The fraction of sp³-hybridized carbons (Fsp3) is 0.706. The van der Waals surface area contributed by atoms with Gasteiger partial charge in [0.15, 0.2) is 5.96 Å². The highest BCUT2D eigenvalue weighted by molar-refractivity contribution is 14.0. The Morgan fingerprint density at radius 1 is 1.39 bits per heavy atom. The number of aromatic nitrogens is 1. The smallest absolute Gasteiger partial charge is 0.194 e. The second-order valence-corrected chi connectivity index (χ2v) is 5.83. The summed E-state index contributed by atoms with van der Waals surface area (Å²) in [7, 11) is 4.13. The molecule has 134 valence electrons. The average Bonchev–Trinajstić information content (AvgIpc) is 2.89. The molecular weight excluding hydrogens is 403 g/mol. The van der Waals surface area contributed by atoms with E-state index in [9.17, 15) is 0 Å². The third-order valence-electron chi connectivity index (χ3n) is 3.88. The van der Waals surface area contributed by atoms with Crippen LogP contribution >= 0.6 is 24.0 Å². The van der Waals surface area contributed by atoms with E-state index in [4.69, 9.17) is 10.1 Å². The van der Waals surface area contributed by atoms with Gasteiger partial charge >= 0.3 is 0 Å². The molecule has 0 radical (unpaired) electrons. The predicted octanol–water partition coefficient (Wildman–Crippen LogP) is 2.84. The maximum atomic E-state index is 9.17. The summed E-state index contributed by atoms with van der Waals surface area (Å²) in [5.74, 6) is 1.40. The molecule has 6 heteroatoms. The van der Waals surface area contributed by atoms with Crippen LogP contribution in [0.2, 0.25) is 0 Å². The molecule has 0 saturated carbocycles. The molecule has 2 N–H and O–H groups in total. The minimum atomic E-state index is 0. The molecule has 1 rings (SSSR count). The lowest BCUT2D eigenvalue weighted by Gasteiger charge is -2.23. The molecule has 1 unspecified atom stereocenters. The van der Waals surface area contributed by atoms with Crippen molar-refractivity contribution in [1.82, 2.24) is 14.8 Å². The fourth-order valence-corrected chi connectivity index (χ4v) is 2.58. The zero-order chi connectivity index (χ0) is 16.4. The van der Waals surface area contributed by atoms with Crippen molar-refractivity contribution in [1.29, 1.82) is 0 Å². The molecule has 0 amide bonds. The van der Waals surface area contributed by atoms with Crippen LogP contribution in [0.25, 0.3) is 0 Å². The normalized spacial score (nSPS) is 12.7. The second-order valence-electron chi connectivity index (χ2n) is 5.83. The van der Waals surface area contributed by atoms with Gasteiger partial charge in [0.05, 0.1) is 6.54 Å². The highest BCUT2D eigenvalue weighted by atomic mass is 127. The zero-order valence-electron chi connectivity index (χ0n) is 15.0. The Hall–Kier alpha value is -0.760. The summed E-state index contributed by atoms with van der Waals surface area (Å²) in [6.07, 6.45) is 5.14. The van der Waals surface area contributed by atoms with Gasteiger partial charge in [-0.3, -0.25) is 4.99 Å². The van der Waals surface area contributed by atoms with Gasteiger partial charge < -0.3 is 19.9 Å². The van der Waals surface area contributed by atoms with Crippen molar-refractivity contribution in [3.63, 3.8) is 0 Å². The molecule has 1 aromatic heterocycles. The van der Waals surface area contributed by atoms with E-state index in [2.05, 4.69) is 61.1 Å². The van der Waals surface area contributed by atoms with Gasteiger partial charge in [-0.2, -0.15) is 0 Å². The maximum Gasteiger partial charge on any atom is 0.194 e. The number of halogens is 1. The number of nitrogens with zero attached hydrogens (tertiary/aromatic N) is 3. The van der Waals surface area contributed by atoms with Crippen LogP contribution in [0.5, 0.6) is 0 Å². The van der Waals surface area contributed by atoms with Gasteiger partial charge in [0.25, 0.3) is 0 Å². The average molecular weight is 436 g/mol. The van der Waals surface area contributed by atoms with E-state index in [0.29, 0.717) is 5.92 Å². The van der Waals surface area contributed by atoms with Crippen molar-refractivity contribution in [2.75, 3.05) is 26.7 Å². The topological polar surface area (TPSA) is 52.8 Å². The number of aliphatic hydroxyl groups excluding tert-OH is 1. The third-order valence-corrected chi connectivity index (χ3v) is 3.88. The standard InChI is InChI=1S/C17H32N4O.HI/c1-5-8-15(10-12-22)13-19-17(18-6-2)21(4)14-16-9-7-11-20(16)3;/h7,9,11,15,22H,5-6,8,10,12-14H2,1-4H3,(H,18,19);1H. The molecule has 0 aliphatic carbocycles. The minimum Gasteiger partial charge on any atom is -0.396 e. The third kappa shape index (κ3) is 8.06. The van der Waals surface area contributed by atoms with Crippen LogP contribution in [-0.2, 0) is 13.6 Å². The molecule has 23 heavy (non-hydrogen) atoms. The summed E-state index contributed by atoms with van der Waals surface area (Å²) in [5.41, 5.74) is 1.26. The van der Waals surface area contributed by atoms with Crippen LogP contribution in [0.15, 0.2) is 23.3 Å². The number of rotatable bonds is 9. The summed E-state index contributed by atoms with van der Waals surface area (Å²) in [6, 6.07) is 4.19. The Bertz CT molecular complexity index is 442. The lowest BCUT2D eigenvalue weighted by atomic mass is 10.0. The number of hydrogen-bond acceptors (Lipinski definition) is 2. The van der Waals surface area contributed by atoms with Gasteiger partial charge in [0.2, 0.25) is 0 Å². The van der Waals surface area contributed by atoms with E-state index in [1.165, 1.54) is 5.69 Å². The first kappa shape index (κ1) is 22.2. The molecule has 0 saturated heterocycles. The van der Waals surface area contributed by atoms with E-state index in [0.717, 1.165) is 44.9 Å². The molecule has 0 spiro atoms. The van der Waals surface area contributed by atoms with Crippen LogP contribution < -0.4 is 5.32 Å². The van der Waals surface area contributed by atoms with Gasteiger partial charge in [-0.15, -0.1) is 24.0 Å². The van der Waals surface area contributed by atoms with Crippen LogP contribution in [0.1, 0.15) is 38.8 Å². The summed E-state index contributed by atoms with van der Waals surface area (Å²) >= 11 is 0. The highest BCUT2D eigenvalue weighted by Gasteiger charge is 2.11. The molecule has 0 aliphatic rings. The van der Waals surface area contributed by atoms with Crippen molar-refractivity contribution >= 4 is 29.9 Å². The lowest BCUT2D eigenvalue weighted by Crippen LogP contribution is -2.39. The Balaban J connectivity index is 0.00000484. The van der Waals surface area contributed by atoms with E-state index >= 15 is 0 Å². The Kier molecular flexibility index (Phi) is 12.2.